The first-order valence-corrected chi connectivity index (χ1v) is 15.8. The molecule has 1 N–H and O–H groups in total. The topological polar surface area (TPSA) is 113 Å². The number of hydrogen-bond donors (Lipinski definition) is 1. The Labute approximate surface area is 285 Å². The number of fused-ring (bicyclic) bond motifs is 4. The molecule has 6 rings (SSSR count). The minimum Gasteiger partial charge on any atom is -0.502 e. The summed E-state index contributed by atoms with van der Waals surface area (Å²) in [6.45, 7) is 1.89. The first-order chi connectivity index (χ1) is 23.1. The highest BCUT2D eigenvalue weighted by atomic mass is 35.5. The van der Waals surface area contributed by atoms with E-state index in [4.69, 9.17) is 32.7 Å². The van der Waals surface area contributed by atoms with Gasteiger partial charge in [-0.25, -0.2) is 26.9 Å². The quantitative estimate of drug-likeness (QED) is 0.0983. The van der Waals surface area contributed by atoms with E-state index in [1.807, 2.05) is 0 Å². The van der Waals surface area contributed by atoms with Crippen molar-refractivity contribution in [3.63, 3.8) is 0 Å². The number of aromatic hydroxyl groups is 1. The number of ether oxygens (including phenoxy) is 2. The van der Waals surface area contributed by atoms with Crippen LogP contribution in [0.3, 0.4) is 0 Å². The normalized spacial score (nSPS) is 29.4. The zero-order valence-electron chi connectivity index (χ0n) is 26.0. The Morgan fingerprint density at radius 1 is 0.898 bits per heavy atom. The predicted octanol–water partition coefficient (Wildman–Crippen LogP) is 5.62. The third-order valence-electron chi connectivity index (χ3n) is 9.80. The van der Waals surface area contributed by atoms with Crippen molar-refractivity contribution in [2.75, 3.05) is 25.7 Å². The van der Waals surface area contributed by atoms with Crippen LogP contribution in [0.2, 0.25) is 0 Å². The standard InChI is InChI=1S/C33H27Cl2F5N2O7/c1-4-9-41-28(44)15-7-6-14-16(20(15)29(41)45)12-32(34)30(46)42(26-24(39)22(37)21(36)23(38)25(26)40)31(47)33(32,35)17(14)8-5-13-10-18(48-2)27(43)19(11-13)49-3/h5-6,8,10-11,15-17,20,43H,4,7,9,12H2,1-3H3/t15-,16+,17-,20-,32+,33-/m0/s1. The van der Waals surface area contributed by atoms with Crippen LogP contribution < -0.4 is 14.4 Å². The van der Waals surface area contributed by atoms with Gasteiger partial charge in [0, 0.05) is 12.5 Å². The number of alkyl halides is 2. The maximum atomic E-state index is 15.1. The van der Waals surface area contributed by atoms with E-state index in [1.165, 1.54) is 38.5 Å². The molecule has 2 aromatic rings. The molecular weight excluding hydrogens is 702 g/mol. The van der Waals surface area contributed by atoms with E-state index >= 15 is 8.78 Å². The molecule has 2 heterocycles. The van der Waals surface area contributed by atoms with Crippen molar-refractivity contribution in [2.24, 2.45) is 23.7 Å². The molecule has 2 aliphatic carbocycles. The molecule has 260 valence electrons. The van der Waals surface area contributed by atoms with Crippen molar-refractivity contribution in [1.29, 1.82) is 0 Å². The van der Waals surface area contributed by atoms with Crippen molar-refractivity contribution in [2.45, 2.75) is 35.9 Å². The van der Waals surface area contributed by atoms with Gasteiger partial charge in [0.25, 0.3) is 11.8 Å². The van der Waals surface area contributed by atoms with E-state index in [1.54, 1.807) is 13.0 Å². The zero-order chi connectivity index (χ0) is 35.9. The number of carbonyl (C=O) groups excluding carboxylic acids is 4. The molecule has 2 saturated heterocycles. The highest BCUT2D eigenvalue weighted by Gasteiger charge is 2.76. The summed E-state index contributed by atoms with van der Waals surface area (Å²) in [6, 6.07) is 2.78. The van der Waals surface area contributed by atoms with Gasteiger partial charge in [-0.15, -0.1) is 23.2 Å². The lowest BCUT2D eigenvalue weighted by Crippen LogP contribution is -2.60. The third kappa shape index (κ3) is 4.62. The molecule has 3 fully saturated rings. The lowest BCUT2D eigenvalue weighted by molar-refractivity contribution is -0.140. The Bertz CT molecular complexity index is 1850. The van der Waals surface area contributed by atoms with Crippen molar-refractivity contribution < 1.29 is 55.7 Å². The van der Waals surface area contributed by atoms with E-state index in [-0.39, 0.29) is 35.1 Å². The number of imide groups is 2. The predicted molar refractivity (Wildman–Crippen MR) is 164 cm³/mol. The number of amides is 4. The molecule has 0 radical (unpaired) electrons. The molecule has 16 heteroatoms. The number of halogens is 7. The molecule has 0 unspecified atom stereocenters. The Hall–Kier alpha value is -4.17. The summed E-state index contributed by atoms with van der Waals surface area (Å²) in [6.07, 6.45) is 4.24. The number of hydrogen-bond acceptors (Lipinski definition) is 7. The average molecular weight is 729 g/mol. The number of nitrogens with zero attached hydrogens (tertiary/aromatic N) is 2. The molecule has 0 spiro atoms. The van der Waals surface area contributed by atoms with E-state index in [9.17, 15) is 37.5 Å². The molecule has 2 aliphatic heterocycles. The van der Waals surface area contributed by atoms with Gasteiger partial charge in [0.1, 0.15) is 5.69 Å². The van der Waals surface area contributed by atoms with E-state index < -0.39 is 98.2 Å². The highest BCUT2D eigenvalue weighted by Crippen LogP contribution is 2.64. The zero-order valence-corrected chi connectivity index (χ0v) is 27.5. The van der Waals surface area contributed by atoms with Crippen LogP contribution in [0.4, 0.5) is 27.6 Å². The number of phenolic OH excluding ortho intramolecular Hbond substituents is 1. The van der Waals surface area contributed by atoms with Crippen molar-refractivity contribution in [3.05, 3.63) is 64.5 Å². The maximum absolute atomic E-state index is 15.1. The fourth-order valence-electron chi connectivity index (χ4n) is 7.54. The molecule has 0 aromatic heterocycles. The molecule has 4 amide bonds. The van der Waals surface area contributed by atoms with Crippen LogP contribution >= 0.6 is 23.2 Å². The summed E-state index contributed by atoms with van der Waals surface area (Å²) < 4.78 is 83.4. The Morgan fingerprint density at radius 2 is 1.47 bits per heavy atom. The average Bonchev–Trinajstić information content (AvgIpc) is 3.41. The van der Waals surface area contributed by atoms with Crippen LogP contribution in [0.5, 0.6) is 17.2 Å². The lowest BCUT2D eigenvalue weighted by Gasteiger charge is -2.49. The van der Waals surface area contributed by atoms with E-state index in [2.05, 4.69) is 0 Å². The Balaban J connectivity index is 1.56. The second-order valence-electron chi connectivity index (χ2n) is 12.2. The van der Waals surface area contributed by atoms with Gasteiger partial charge >= 0.3 is 0 Å². The molecule has 2 aromatic carbocycles. The maximum Gasteiger partial charge on any atom is 0.258 e. The van der Waals surface area contributed by atoms with Crippen LogP contribution in [0.1, 0.15) is 31.7 Å². The number of benzene rings is 2. The Morgan fingerprint density at radius 3 is 2.02 bits per heavy atom. The van der Waals surface area contributed by atoms with Gasteiger partial charge in [-0.1, -0.05) is 30.7 Å². The smallest absolute Gasteiger partial charge is 0.258 e. The number of carbonyl (C=O) groups is 4. The van der Waals surface area contributed by atoms with Crippen molar-refractivity contribution >= 4 is 58.6 Å². The van der Waals surface area contributed by atoms with Gasteiger partial charge in [0.15, 0.2) is 44.5 Å². The van der Waals surface area contributed by atoms with Gasteiger partial charge in [-0.05, 0) is 42.9 Å². The molecule has 49 heavy (non-hydrogen) atoms. The first kappa shape index (κ1) is 34.7. The molecule has 4 aliphatic rings. The summed E-state index contributed by atoms with van der Waals surface area (Å²) in [5.74, 6) is -21.1. The number of phenols is 1. The SMILES string of the molecule is CCCN1C(=O)[C@H]2[C@H](CC=C3[C@H]2C[C@@]2(Cl)C(=O)N(c4c(F)c(F)c(F)c(F)c4F)C(=O)[C@@]2(Cl)[C@H]3C=Cc2cc(OC)c(O)c(OC)c2)C1=O. The fourth-order valence-corrected chi connectivity index (χ4v) is 8.43. The van der Waals surface area contributed by atoms with Gasteiger partial charge in [-0.2, -0.15) is 0 Å². The third-order valence-corrected chi connectivity index (χ3v) is 11.2. The van der Waals surface area contributed by atoms with Crippen LogP contribution in [-0.2, 0) is 19.2 Å². The molecule has 0 bridgehead atoms. The van der Waals surface area contributed by atoms with Gasteiger partial charge < -0.3 is 14.6 Å². The highest BCUT2D eigenvalue weighted by molar-refractivity contribution is 6.58. The van der Waals surface area contributed by atoms with E-state index in [0.717, 1.165) is 4.90 Å². The minimum atomic E-state index is -2.64. The summed E-state index contributed by atoms with van der Waals surface area (Å²) in [4.78, 5) is 51.0. The molecule has 9 nitrogen and oxygen atoms in total. The molecular formula is C33H27Cl2F5N2O7. The number of rotatable bonds is 7. The van der Waals surface area contributed by atoms with Crippen LogP contribution in [0, 0.1) is 52.8 Å². The second-order valence-corrected chi connectivity index (χ2v) is 13.4. The summed E-state index contributed by atoms with van der Waals surface area (Å²) in [5.41, 5.74) is -1.24. The number of methoxy groups -OCH3 is 2. The van der Waals surface area contributed by atoms with Crippen LogP contribution in [-0.4, -0.2) is 64.1 Å². The number of likely N-dealkylation sites (tertiary alicyclic amines) is 1. The van der Waals surface area contributed by atoms with Crippen molar-refractivity contribution in [3.8, 4) is 17.2 Å². The summed E-state index contributed by atoms with van der Waals surface area (Å²) in [7, 11) is 2.57. The van der Waals surface area contributed by atoms with E-state index in [0.29, 0.717) is 17.6 Å². The summed E-state index contributed by atoms with van der Waals surface area (Å²) >= 11 is 14.1. The summed E-state index contributed by atoms with van der Waals surface area (Å²) in [5, 5.41) is 10.4. The molecule has 1 saturated carbocycles. The Kier molecular flexibility index (Phi) is 8.50. The number of allylic oxidation sites excluding steroid dienone is 3. The largest absolute Gasteiger partial charge is 0.502 e. The van der Waals surface area contributed by atoms with Gasteiger partial charge in [0.2, 0.25) is 23.4 Å². The second kappa shape index (κ2) is 12.0. The van der Waals surface area contributed by atoms with Crippen LogP contribution in [0.15, 0.2) is 29.9 Å². The molecule has 6 atom stereocenters. The van der Waals surface area contributed by atoms with Gasteiger partial charge in [0.05, 0.1) is 26.1 Å². The number of anilines is 1. The van der Waals surface area contributed by atoms with Crippen LogP contribution in [0.25, 0.3) is 6.08 Å². The lowest BCUT2D eigenvalue weighted by atomic mass is 9.57. The minimum absolute atomic E-state index is 0.0109. The monoisotopic (exact) mass is 728 g/mol. The van der Waals surface area contributed by atoms with Gasteiger partial charge in [-0.3, -0.25) is 24.1 Å². The first-order valence-electron chi connectivity index (χ1n) is 15.1. The van der Waals surface area contributed by atoms with Crippen molar-refractivity contribution in [1.82, 2.24) is 4.90 Å². The fraction of sp³-hybridized carbons (Fsp3) is 0.394.